The van der Waals surface area contributed by atoms with E-state index in [1.807, 2.05) is 25.9 Å². The molecule has 0 bridgehead atoms. The third-order valence-electron chi connectivity index (χ3n) is 11.5. The van der Waals surface area contributed by atoms with Crippen LogP contribution in [0.2, 0.25) is 0 Å². The Morgan fingerprint density at radius 3 is 2.22 bits per heavy atom. The molecule has 3 rings (SSSR count). The summed E-state index contributed by atoms with van der Waals surface area (Å²) >= 11 is 0. The van der Waals surface area contributed by atoms with Crippen LogP contribution >= 0.6 is 0 Å². The minimum absolute atomic E-state index is 0.113. The number of aliphatic hydroxyl groups excluding tert-OH is 1. The quantitative estimate of drug-likeness (QED) is 0.290. The zero-order valence-electron chi connectivity index (χ0n) is 34.2. The van der Waals surface area contributed by atoms with Gasteiger partial charge in [-0.1, -0.05) is 39.8 Å². The average molecular weight is 769 g/mol. The molecule has 1 amide bonds. The van der Waals surface area contributed by atoms with Crippen LogP contribution in [-0.2, 0) is 44.4 Å². The van der Waals surface area contributed by atoms with Crippen LogP contribution in [0.5, 0.6) is 0 Å². The Morgan fingerprint density at radius 1 is 1.04 bits per heavy atom. The number of carbonyl (C=O) groups is 3. The first-order valence-electron chi connectivity index (χ1n) is 19.1. The molecule has 14 heteroatoms. The zero-order chi connectivity index (χ0) is 40.7. The van der Waals surface area contributed by atoms with E-state index in [-0.39, 0.29) is 43.1 Å². The molecule has 0 spiro atoms. The largest absolute Gasteiger partial charge is 0.459 e. The maximum absolute atomic E-state index is 14.1. The van der Waals surface area contributed by atoms with Crippen LogP contribution in [0.15, 0.2) is 24.3 Å². The predicted octanol–water partition coefficient (Wildman–Crippen LogP) is 4.28. The molecule has 13 nitrogen and oxygen atoms in total. The molecule has 3 N–H and O–H groups in total. The lowest BCUT2D eigenvalue weighted by atomic mass is 9.73. The van der Waals surface area contributed by atoms with Crippen molar-refractivity contribution in [2.24, 2.45) is 23.7 Å². The van der Waals surface area contributed by atoms with Crippen molar-refractivity contribution in [3.63, 3.8) is 0 Å². The number of nitrogens with one attached hydrogen (secondary N) is 1. The number of hydrogen-bond donors (Lipinski definition) is 3. The van der Waals surface area contributed by atoms with E-state index in [2.05, 4.69) is 5.32 Å². The first-order valence-corrected chi connectivity index (χ1v) is 19.1. The molecule has 1 aromatic carbocycles. The number of likely N-dealkylation sites (N-methyl/N-ethyl adjacent to an activating group) is 1. The van der Waals surface area contributed by atoms with Gasteiger partial charge in [0.15, 0.2) is 6.29 Å². The highest BCUT2D eigenvalue weighted by Crippen LogP contribution is 2.40. The van der Waals surface area contributed by atoms with Crippen molar-refractivity contribution in [1.29, 1.82) is 0 Å². The van der Waals surface area contributed by atoms with Crippen molar-refractivity contribution in [2.45, 2.75) is 141 Å². The van der Waals surface area contributed by atoms with Gasteiger partial charge in [-0.2, -0.15) is 0 Å². The summed E-state index contributed by atoms with van der Waals surface area (Å²) in [5, 5.41) is 26.1. The van der Waals surface area contributed by atoms with Gasteiger partial charge in [-0.05, 0) is 85.2 Å². The molecule has 54 heavy (non-hydrogen) atoms. The second kappa shape index (κ2) is 19.4. The number of hydrogen-bond acceptors (Lipinski definition) is 12. The fourth-order valence-corrected chi connectivity index (χ4v) is 8.34. The van der Waals surface area contributed by atoms with E-state index in [9.17, 15) is 29.0 Å². The Kier molecular flexibility index (Phi) is 16.4. The molecular formula is C40H65FN2O11. The predicted molar refractivity (Wildman–Crippen MR) is 199 cm³/mol. The number of Topliss-reactive ketones (excluding diaryl/α,β-unsaturated/α-hetero) is 1. The van der Waals surface area contributed by atoms with Gasteiger partial charge in [-0.3, -0.25) is 9.59 Å². The summed E-state index contributed by atoms with van der Waals surface area (Å²) in [6, 6.07) is 5.61. The van der Waals surface area contributed by atoms with Gasteiger partial charge in [0, 0.05) is 44.6 Å². The minimum atomic E-state index is -1.78. The van der Waals surface area contributed by atoms with Crippen LogP contribution in [0, 0.1) is 29.5 Å². The number of esters is 1. The zero-order valence-corrected chi connectivity index (χ0v) is 34.2. The van der Waals surface area contributed by atoms with E-state index in [1.54, 1.807) is 53.7 Å². The van der Waals surface area contributed by atoms with Crippen LogP contribution in [0.25, 0.3) is 0 Å². The number of cyclic esters (lactones) is 1. The fourth-order valence-electron chi connectivity index (χ4n) is 8.34. The molecule has 2 aliphatic rings. The van der Waals surface area contributed by atoms with Crippen molar-refractivity contribution in [1.82, 2.24) is 10.2 Å². The normalized spacial score (nSPS) is 38.7. The maximum atomic E-state index is 14.1. The standard InChI is InChI=1S/C40H65FN2O11/c1-13-30-40(8,48)35(49-11)24(4)31(44)22(2)21-39(7,50-12)34(54-37-32(45)29(43(9)10)20-23(3)51-37)25(5)33(26(6)36(46)52-30)53-38(47)42-19-18-27-14-16-28(41)17-15-27/h14-17,22-26,29-30,32-35,37,45,48H,13,18-21H2,1-12H3,(H,42,47)/t22-,23-,24+,25+,26-,29+,30-,32-,33+,34-,35-,37+,39-,40-/m1/s1. The number of amides is 1. The number of ether oxygens (including phenoxy) is 6. The van der Waals surface area contributed by atoms with Gasteiger partial charge in [0.2, 0.25) is 0 Å². The molecule has 2 fully saturated rings. The molecule has 1 aromatic rings. The maximum Gasteiger partial charge on any atom is 0.407 e. The summed E-state index contributed by atoms with van der Waals surface area (Å²) in [4.78, 5) is 43.7. The first kappa shape index (κ1) is 45.7. The molecule has 14 atom stereocenters. The first-order chi connectivity index (χ1) is 25.2. The van der Waals surface area contributed by atoms with Gasteiger partial charge in [0.05, 0.1) is 29.8 Å². The van der Waals surface area contributed by atoms with Crippen LogP contribution in [0.4, 0.5) is 9.18 Å². The smallest absolute Gasteiger partial charge is 0.407 e. The van der Waals surface area contributed by atoms with Crippen LogP contribution < -0.4 is 5.32 Å². The van der Waals surface area contributed by atoms with Crippen LogP contribution in [0.3, 0.4) is 0 Å². The minimum Gasteiger partial charge on any atom is -0.459 e. The topological polar surface area (TPSA) is 162 Å². The van der Waals surface area contributed by atoms with Crippen molar-refractivity contribution < 1.29 is 57.4 Å². The Bertz CT molecular complexity index is 1380. The third-order valence-corrected chi connectivity index (χ3v) is 11.5. The van der Waals surface area contributed by atoms with Crippen molar-refractivity contribution in [3.8, 4) is 0 Å². The Morgan fingerprint density at radius 2 is 1.67 bits per heavy atom. The summed E-state index contributed by atoms with van der Waals surface area (Å²) in [6.07, 6.45) is -6.44. The lowest BCUT2D eigenvalue weighted by Crippen LogP contribution is -2.61. The van der Waals surface area contributed by atoms with Gasteiger partial charge in [0.1, 0.15) is 35.5 Å². The van der Waals surface area contributed by atoms with Gasteiger partial charge in [0.25, 0.3) is 0 Å². The van der Waals surface area contributed by atoms with Crippen molar-refractivity contribution in [2.75, 3.05) is 34.9 Å². The highest BCUT2D eigenvalue weighted by atomic mass is 19.1. The Hall–Kier alpha value is -2.72. The fraction of sp³-hybridized carbons (Fsp3) is 0.775. The molecule has 0 saturated carbocycles. The van der Waals surface area contributed by atoms with Gasteiger partial charge in [-0.25, -0.2) is 9.18 Å². The number of halogens is 1. The number of aliphatic hydroxyl groups is 2. The van der Waals surface area contributed by atoms with E-state index in [1.165, 1.54) is 33.3 Å². The Labute approximate surface area is 320 Å². The second-order valence-electron chi connectivity index (χ2n) is 16.0. The number of carbonyl (C=O) groups excluding carboxylic acids is 3. The lowest BCUT2D eigenvalue weighted by Gasteiger charge is -2.48. The van der Waals surface area contributed by atoms with Crippen molar-refractivity contribution in [3.05, 3.63) is 35.6 Å². The average Bonchev–Trinajstić information content (AvgIpc) is 3.12. The SMILES string of the molecule is CC[C@H]1OC(=O)[C@H](C)[C@@H](OC(=O)NCCc2ccc(F)cc2)[C@H](C)[C@@H](O[C@@H]2O[C@H](C)C[C@H](N(C)C)[C@H]2O)[C@](C)(OC)C[C@@H](C)C(=O)[C@H](C)[C@@H](OC)[C@]1(C)O. The highest BCUT2D eigenvalue weighted by molar-refractivity contribution is 5.83. The van der Waals surface area contributed by atoms with Gasteiger partial charge < -0.3 is 48.9 Å². The molecule has 308 valence electrons. The number of alkyl carbamates (subject to hydrolysis) is 1. The molecule has 0 radical (unpaired) electrons. The molecular weight excluding hydrogens is 703 g/mol. The molecule has 0 unspecified atom stereocenters. The molecule has 2 saturated heterocycles. The summed E-state index contributed by atoms with van der Waals surface area (Å²) < 4.78 is 50.4. The monoisotopic (exact) mass is 768 g/mol. The van der Waals surface area contributed by atoms with E-state index in [4.69, 9.17) is 28.4 Å². The summed E-state index contributed by atoms with van der Waals surface area (Å²) in [7, 11) is 6.61. The van der Waals surface area contributed by atoms with E-state index >= 15 is 0 Å². The lowest BCUT2D eigenvalue weighted by molar-refractivity contribution is -0.301. The molecule has 2 heterocycles. The number of methoxy groups -OCH3 is 2. The second-order valence-corrected chi connectivity index (χ2v) is 16.0. The summed E-state index contributed by atoms with van der Waals surface area (Å²) in [6.45, 7) is 13.8. The van der Waals surface area contributed by atoms with Crippen molar-refractivity contribution >= 4 is 17.8 Å². The third kappa shape index (κ3) is 10.8. The highest BCUT2D eigenvalue weighted by Gasteiger charge is 2.53. The van der Waals surface area contributed by atoms with Crippen LogP contribution in [0.1, 0.15) is 80.2 Å². The molecule has 0 aromatic heterocycles. The van der Waals surface area contributed by atoms with E-state index in [0.29, 0.717) is 12.8 Å². The number of nitrogens with zero attached hydrogens (tertiary/aromatic N) is 1. The van der Waals surface area contributed by atoms with E-state index < -0.39 is 83.7 Å². The van der Waals surface area contributed by atoms with Gasteiger partial charge in [-0.15, -0.1) is 0 Å². The Balaban J connectivity index is 2.13. The van der Waals surface area contributed by atoms with E-state index in [0.717, 1.165) is 5.56 Å². The molecule has 2 aliphatic heterocycles. The number of rotatable bonds is 10. The summed E-state index contributed by atoms with van der Waals surface area (Å²) in [5.41, 5.74) is -2.26. The number of ketones is 1. The summed E-state index contributed by atoms with van der Waals surface area (Å²) in [5.74, 6) is -4.75. The van der Waals surface area contributed by atoms with Crippen LogP contribution in [-0.4, -0.2) is 128 Å². The van der Waals surface area contributed by atoms with Gasteiger partial charge >= 0.3 is 12.1 Å². The number of benzene rings is 1. The molecule has 0 aliphatic carbocycles.